The van der Waals surface area contributed by atoms with Crippen LogP contribution in [0.1, 0.15) is 57.7 Å². The summed E-state index contributed by atoms with van der Waals surface area (Å²) in [7, 11) is 0. The van der Waals surface area contributed by atoms with Crippen molar-refractivity contribution in [1.29, 1.82) is 0 Å². The zero-order chi connectivity index (χ0) is 14.5. The minimum absolute atomic E-state index is 0.380. The second-order valence-electron chi connectivity index (χ2n) is 6.47. The third-order valence-corrected chi connectivity index (χ3v) is 4.04. The Balaban J connectivity index is 2.02. The monoisotopic (exact) mass is 276 g/mol. The summed E-state index contributed by atoms with van der Waals surface area (Å²) < 4.78 is 6.27. The van der Waals surface area contributed by atoms with Crippen LogP contribution < -0.4 is 10.1 Å². The van der Waals surface area contributed by atoms with Gasteiger partial charge in [0.2, 0.25) is 0 Å². The molecule has 20 heavy (non-hydrogen) atoms. The summed E-state index contributed by atoms with van der Waals surface area (Å²) in [6.07, 6.45) is 7.26. The van der Waals surface area contributed by atoms with Crippen molar-refractivity contribution in [2.24, 2.45) is 5.92 Å². The molecule has 0 amide bonds. The Hall–Kier alpha value is -1.09. The highest BCUT2D eigenvalue weighted by Gasteiger charge is 2.20. The molecule has 0 bridgehead atoms. The van der Waals surface area contributed by atoms with Crippen molar-refractivity contribution >= 4 is 0 Å². The first kappa shape index (κ1) is 15.3. The van der Waals surface area contributed by atoms with Gasteiger partial charge in [0, 0.05) is 36.1 Å². The van der Waals surface area contributed by atoms with Gasteiger partial charge in [-0.3, -0.25) is 4.98 Å². The molecule has 1 aliphatic rings. The van der Waals surface area contributed by atoms with Crippen molar-refractivity contribution in [3.63, 3.8) is 0 Å². The molecular formula is C17H28N2O. The molecule has 0 atom stereocenters. The fourth-order valence-electron chi connectivity index (χ4n) is 2.65. The number of pyridine rings is 1. The molecule has 1 aliphatic carbocycles. The van der Waals surface area contributed by atoms with Gasteiger partial charge in [-0.25, -0.2) is 0 Å². The highest BCUT2D eigenvalue weighted by Crippen LogP contribution is 2.29. The first-order valence-corrected chi connectivity index (χ1v) is 7.90. The van der Waals surface area contributed by atoms with E-state index in [9.17, 15) is 0 Å². The molecule has 0 unspecified atom stereocenters. The minimum Gasteiger partial charge on any atom is -0.490 e. The van der Waals surface area contributed by atoms with E-state index >= 15 is 0 Å². The third-order valence-electron chi connectivity index (χ3n) is 4.04. The van der Waals surface area contributed by atoms with Crippen LogP contribution in [0.4, 0.5) is 0 Å². The van der Waals surface area contributed by atoms with Crippen molar-refractivity contribution < 1.29 is 4.74 Å². The second-order valence-corrected chi connectivity index (χ2v) is 6.47. The maximum atomic E-state index is 6.27. The number of hydrogen-bond donors (Lipinski definition) is 1. The van der Waals surface area contributed by atoms with E-state index in [1.807, 2.05) is 13.1 Å². The fraction of sp³-hybridized carbons (Fsp3) is 0.706. The van der Waals surface area contributed by atoms with E-state index < -0.39 is 0 Å². The molecule has 2 rings (SSSR count). The van der Waals surface area contributed by atoms with Gasteiger partial charge >= 0.3 is 0 Å². The molecule has 1 saturated carbocycles. The van der Waals surface area contributed by atoms with E-state index in [-0.39, 0.29) is 0 Å². The maximum Gasteiger partial charge on any atom is 0.127 e. The lowest BCUT2D eigenvalue weighted by molar-refractivity contribution is 0.134. The van der Waals surface area contributed by atoms with Gasteiger partial charge in [-0.05, 0) is 38.5 Å². The van der Waals surface area contributed by atoms with E-state index in [0.717, 1.165) is 23.9 Å². The normalized spacial score (nSPS) is 23.1. The Morgan fingerprint density at radius 1 is 1.30 bits per heavy atom. The Bertz CT molecular complexity index is 423. The number of ether oxygens (including phenoxy) is 1. The molecule has 0 spiro atoms. The average Bonchev–Trinajstić information content (AvgIpc) is 2.40. The smallest absolute Gasteiger partial charge is 0.127 e. The van der Waals surface area contributed by atoms with E-state index in [2.05, 4.69) is 37.1 Å². The molecule has 0 radical (unpaired) electrons. The van der Waals surface area contributed by atoms with Crippen LogP contribution >= 0.6 is 0 Å². The van der Waals surface area contributed by atoms with Crippen LogP contribution in [0.15, 0.2) is 12.3 Å². The molecule has 0 saturated heterocycles. The SMILES string of the molecule is Cc1cc(OC2CCC(C)CC2)c(CNC(C)C)cn1. The number of nitrogens with zero attached hydrogens (tertiary/aromatic N) is 1. The molecule has 3 nitrogen and oxygen atoms in total. The summed E-state index contributed by atoms with van der Waals surface area (Å²) in [5.74, 6) is 1.88. The molecule has 112 valence electrons. The predicted octanol–water partition coefficient (Wildman–Crippen LogP) is 3.85. The number of hydrogen-bond acceptors (Lipinski definition) is 3. The summed E-state index contributed by atoms with van der Waals surface area (Å²) >= 11 is 0. The number of nitrogens with one attached hydrogen (secondary N) is 1. The zero-order valence-corrected chi connectivity index (χ0v) is 13.3. The van der Waals surface area contributed by atoms with E-state index in [4.69, 9.17) is 4.74 Å². The van der Waals surface area contributed by atoms with Gasteiger partial charge in [0.15, 0.2) is 0 Å². The van der Waals surface area contributed by atoms with Crippen LogP contribution in [-0.4, -0.2) is 17.1 Å². The summed E-state index contributed by atoms with van der Waals surface area (Å²) in [5, 5.41) is 3.45. The van der Waals surface area contributed by atoms with Crippen LogP contribution in [-0.2, 0) is 6.54 Å². The van der Waals surface area contributed by atoms with Crippen LogP contribution in [0.25, 0.3) is 0 Å². The Morgan fingerprint density at radius 3 is 2.65 bits per heavy atom. The van der Waals surface area contributed by atoms with E-state index in [0.29, 0.717) is 12.1 Å². The van der Waals surface area contributed by atoms with Gasteiger partial charge in [0.05, 0.1) is 6.10 Å². The zero-order valence-electron chi connectivity index (χ0n) is 13.3. The molecule has 1 aromatic rings. The third kappa shape index (κ3) is 4.48. The van der Waals surface area contributed by atoms with Crippen molar-refractivity contribution in [1.82, 2.24) is 10.3 Å². The van der Waals surface area contributed by atoms with Crippen molar-refractivity contribution in [2.75, 3.05) is 0 Å². The quantitative estimate of drug-likeness (QED) is 0.887. The van der Waals surface area contributed by atoms with Gasteiger partial charge in [0.1, 0.15) is 5.75 Å². The second kappa shape index (κ2) is 7.07. The van der Waals surface area contributed by atoms with E-state index in [1.165, 1.54) is 31.2 Å². The van der Waals surface area contributed by atoms with Gasteiger partial charge in [-0.15, -0.1) is 0 Å². The summed E-state index contributed by atoms with van der Waals surface area (Å²) in [6.45, 7) is 9.50. The topological polar surface area (TPSA) is 34.1 Å². The lowest BCUT2D eigenvalue weighted by Gasteiger charge is -2.28. The van der Waals surface area contributed by atoms with Gasteiger partial charge in [-0.1, -0.05) is 20.8 Å². The van der Waals surface area contributed by atoms with Gasteiger partial charge in [-0.2, -0.15) is 0 Å². The summed E-state index contributed by atoms with van der Waals surface area (Å²) in [4.78, 5) is 4.40. The lowest BCUT2D eigenvalue weighted by atomic mass is 9.89. The predicted molar refractivity (Wildman–Crippen MR) is 83.0 cm³/mol. The number of aromatic nitrogens is 1. The molecule has 0 aliphatic heterocycles. The molecule has 1 aromatic heterocycles. The highest BCUT2D eigenvalue weighted by molar-refractivity contribution is 5.33. The molecule has 0 aromatic carbocycles. The first-order chi connectivity index (χ1) is 9.54. The van der Waals surface area contributed by atoms with E-state index in [1.54, 1.807) is 0 Å². The fourth-order valence-corrected chi connectivity index (χ4v) is 2.65. The Morgan fingerprint density at radius 2 is 2.00 bits per heavy atom. The first-order valence-electron chi connectivity index (χ1n) is 7.90. The molecule has 1 N–H and O–H groups in total. The van der Waals surface area contributed by atoms with Crippen molar-refractivity contribution in [3.05, 3.63) is 23.5 Å². The van der Waals surface area contributed by atoms with Gasteiger partial charge < -0.3 is 10.1 Å². The summed E-state index contributed by atoms with van der Waals surface area (Å²) in [5.41, 5.74) is 2.19. The molecule has 1 heterocycles. The summed E-state index contributed by atoms with van der Waals surface area (Å²) in [6, 6.07) is 2.55. The van der Waals surface area contributed by atoms with Crippen LogP contribution in [0.3, 0.4) is 0 Å². The largest absolute Gasteiger partial charge is 0.490 e. The van der Waals surface area contributed by atoms with Crippen LogP contribution in [0.2, 0.25) is 0 Å². The molecule has 1 fully saturated rings. The van der Waals surface area contributed by atoms with Crippen molar-refractivity contribution in [2.45, 2.75) is 72.1 Å². The highest BCUT2D eigenvalue weighted by atomic mass is 16.5. The Labute approximate surface area is 123 Å². The molecule has 3 heteroatoms. The molecular weight excluding hydrogens is 248 g/mol. The maximum absolute atomic E-state index is 6.27. The van der Waals surface area contributed by atoms with Gasteiger partial charge in [0.25, 0.3) is 0 Å². The standard InChI is InChI=1S/C17H28N2O/c1-12(2)18-10-15-11-19-14(4)9-17(15)20-16-7-5-13(3)6-8-16/h9,11-13,16,18H,5-8,10H2,1-4H3. The van der Waals surface area contributed by atoms with Crippen LogP contribution in [0.5, 0.6) is 5.75 Å². The minimum atomic E-state index is 0.380. The lowest BCUT2D eigenvalue weighted by Crippen LogP contribution is -2.25. The average molecular weight is 276 g/mol. The van der Waals surface area contributed by atoms with Crippen LogP contribution in [0, 0.1) is 12.8 Å². The Kier molecular flexibility index (Phi) is 5.41. The van der Waals surface area contributed by atoms with Crippen molar-refractivity contribution in [3.8, 4) is 5.75 Å². The number of aryl methyl sites for hydroxylation is 1. The number of rotatable bonds is 5.